The molecule has 5 heavy (non-hydrogen) atoms. The van der Waals surface area contributed by atoms with Crippen molar-refractivity contribution >= 4 is 6.16 Å². The minimum absolute atomic E-state index is 0. The molecule has 0 atom stereocenters. The van der Waals surface area contributed by atoms with Crippen molar-refractivity contribution < 1.29 is 36.7 Å². The van der Waals surface area contributed by atoms with E-state index in [1.807, 2.05) is 0 Å². The van der Waals surface area contributed by atoms with Gasteiger partial charge in [-0.2, -0.15) is 0 Å². The summed E-state index contributed by atoms with van der Waals surface area (Å²) in [7, 11) is 0. The first-order chi connectivity index (χ1) is 1.73. The van der Waals surface area contributed by atoms with Crippen LogP contribution in [0.4, 0.5) is 4.79 Å². The topological polar surface area (TPSA) is 57.5 Å². The van der Waals surface area contributed by atoms with Gasteiger partial charge >= 0.3 is 27.9 Å². The molecule has 0 fully saturated rings. The van der Waals surface area contributed by atoms with Crippen LogP contribution in [-0.4, -0.2) is 16.4 Å². The summed E-state index contributed by atoms with van der Waals surface area (Å²) >= 11 is 0. The molecule has 0 aliphatic heterocycles. The van der Waals surface area contributed by atoms with Gasteiger partial charge < -0.3 is 10.2 Å². The van der Waals surface area contributed by atoms with Crippen molar-refractivity contribution in [3.05, 3.63) is 0 Å². The van der Waals surface area contributed by atoms with E-state index in [1.165, 1.54) is 0 Å². The molecule has 2 N–H and O–H groups in total. The fourth-order valence-corrected chi connectivity index (χ4v) is 0. The molecule has 0 aromatic rings. The van der Waals surface area contributed by atoms with E-state index in [0.29, 0.717) is 0 Å². The third-order valence-electron chi connectivity index (χ3n) is 0. The van der Waals surface area contributed by atoms with E-state index in [1.54, 1.807) is 0 Å². The van der Waals surface area contributed by atoms with Crippen LogP contribution in [0.2, 0.25) is 0 Å². The third kappa shape index (κ3) is 63500. The van der Waals surface area contributed by atoms with E-state index in [0.717, 1.165) is 0 Å². The quantitative estimate of drug-likeness (QED) is 0.438. The van der Waals surface area contributed by atoms with E-state index in [2.05, 4.69) is 0 Å². The van der Waals surface area contributed by atoms with Gasteiger partial charge in [0, 0.05) is 0 Å². The van der Waals surface area contributed by atoms with Crippen molar-refractivity contribution in [3.63, 3.8) is 0 Å². The van der Waals surface area contributed by atoms with Crippen molar-refractivity contribution in [1.29, 1.82) is 0 Å². The fraction of sp³-hybridized carbons (Fsp3) is 0. The molecule has 26 valence electrons. The van der Waals surface area contributed by atoms with Gasteiger partial charge in [-0.1, -0.05) is 0 Å². The summed E-state index contributed by atoms with van der Waals surface area (Å²) in [6.45, 7) is 0. The summed E-state index contributed by atoms with van der Waals surface area (Å²) < 4.78 is 0. The van der Waals surface area contributed by atoms with E-state index in [-0.39, 0.29) is 21.7 Å². The van der Waals surface area contributed by atoms with Crippen LogP contribution in [0.5, 0.6) is 0 Å². The van der Waals surface area contributed by atoms with Crippen molar-refractivity contribution in [2.75, 3.05) is 0 Å². The summed E-state index contributed by atoms with van der Waals surface area (Å²) in [4.78, 5) is 8.56. The molecule has 0 aromatic heterocycles. The largest absolute Gasteiger partial charge is 2.00 e. The monoisotopic (exact) mass is 110 g/mol. The van der Waals surface area contributed by atoms with Gasteiger partial charge in [-0.05, 0) is 0 Å². The minimum Gasteiger partial charge on any atom is -0.450 e. The molecule has 0 radical (unpaired) electrons. The Labute approximate surface area is 43.5 Å². The maximum Gasteiger partial charge on any atom is 2.00 e. The summed E-state index contributed by atoms with van der Waals surface area (Å²) in [5.74, 6) is 0. The summed E-state index contributed by atoms with van der Waals surface area (Å²) in [5.41, 5.74) is 0. The van der Waals surface area contributed by atoms with Gasteiger partial charge in [0.2, 0.25) is 0 Å². The molecule has 4 heteroatoms. The molecule has 0 unspecified atom stereocenters. The van der Waals surface area contributed by atoms with Crippen LogP contribution in [0, 0.1) is 0 Å². The van der Waals surface area contributed by atoms with Gasteiger partial charge in [0.05, 0.1) is 0 Å². The van der Waals surface area contributed by atoms with Crippen LogP contribution in [0.1, 0.15) is 0 Å². The summed E-state index contributed by atoms with van der Waals surface area (Å²) in [6, 6.07) is 0. The molecule has 0 spiro atoms. The zero-order valence-corrected chi connectivity index (χ0v) is 3.86. The van der Waals surface area contributed by atoms with Gasteiger partial charge in [-0.25, -0.2) is 4.79 Å². The average molecular weight is 110 g/mol. The zero-order chi connectivity index (χ0) is 3.58. The second-order valence-electron chi connectivity index (χ2n) is 0.283. The Morgan fingerprint density at radius 3 is 1.40 bits per heavy atom. The Morgan fingerprint density at radius 1 is 1.40 bits per heavy atom. The summed E-state index contributed by atoms with van der Waals surface area (Å²) in [5, 5.41) is 13.9. The molecule has 0 amide bonds. The van der Waals surface area contributed by atoms with E-state index in [9.17, 15) is 0 Å². The Bertz CT molecular complexity index is 29.9. The summed E-state index contributed by atoms with van der Waals surface area (Å²) in [6.07, 6.45) is -1.83. The molecule has 0 saturated carbocycles. The van der Waals surface area contributed by atoms with E-state index < -0.39 is 6.16 Å². The molecule has 0 aromatic carbocycles. The van der Waals surface area contributed by atoms with Crippen LogP contribution in [0.3, 0.4) is 0 Å². The SMILES string of the molecule is O=C(O)O.[Ti+2]. The molecule has 0 aliphatic rings. The molecular formula is CH2O3Ti+2. The molecular weight excluding hydrogens is 108 g/mol. The first-order valence-corrected chi connectivity index (χ1v) is 0.651. The predicted molar refractivity (Wildman–Crippen MR) is 10.7 cm³/mol. The Balaban J connectivity index is 0. The van der Waals surface area contributed by atoms with Crippen LogP contribution < -0.4 is 0 Å². The first kappa shape index (κ1) is 8.88. The second-order valence-corrected chi connectivity index (χ2v) is 0.283. The van der Waals surface area contributed by atoms with Crippen molar-refractivity contribution in [3.8, 4) is 0 Å². The van der Waals surface area contributed by atoms with Crippen molar-refractivity contribution in [2.45, 2.75) is 0 Å². The average Bonchev–Trinajstić information content (AvgIpc) is 0.811. The zero-order valence-electron chi connectivity index (χ0n) is 2.30. The molecule has 0 bridgehead atoms. The standard InChI is InChI=1S/CH2O3.Ti/c2-1(3)4;/h(H2,2,3,4);/q;+2. The number of rotatable bonds is 0. The van der Waals surface area contributed by atoms with E-state index >= 15 is 0 Å². The second kappa shape index (κ2) is 3.98. The smallest absolute Gasteiger partial charge is 0.450 e. The van der Waals surface area contributed by atoms with Crippen molar-refractivity contribution in [2.24, 2.45) is 0 Å². The number of hydrogen-bond donors (Lipinski definition) is 2. The van der Waals surface area contributed by atoms with Gasteiger partial charge in [0.15, 0.2) is 0 Å². The van der Waals surface area contributed by atoms with Crippen LogP contribution in [0.25, 0.3) is 0 Å². The van der Waals surface area contributed by atoms with Gasteiger partial charge in [0.25, 0.3) is 0 Å². The molecule has 0 rings (SSSR count). The maximum atomic E-state index is 8.56. The number of carboxylic acid groups (broad SMARTS) is 2. The van der Waals surface area contributed by atoms with Gasteiger partial charge in [-0.15, -0.1) is 0 Å². The number of hydrogen-bond acceptors (Lipinski definition) is 1. The van der Waals surface area contributed by atoms with Crippen LogP contribution >= 0.6 is 0 Å². The molecule has 3 nitrogen and oxygen atoms in total. The minimum atomic E-state index is -1.83. The maximum absolute atomic E-state index is 8.56. The number of carbonyl (C=O) groups is 1. The normalized spacial score (nSPS) is 4.80. The fourth-order valence-electron chi connectivity index (χ4n) is 0. The van der Waals surface area contributed by atoms with Gasteiger partial charge in [-0.3, -0.25) is 0 Å². The molecule has 0 saturated heterocycles. The van der Waals surface area contributed by atoms with Gasteiger partial charge in [0.1, 0.15) is 0 Å². The predicted octanol–water partition coefficient (Wildman–Crippen LogP) is 0.220. The third-order valence-corrected chi connectivity index (χ3v) is 0. The Kier molecular flexibility index (Phi) is 7.08. The van der Waals surface area contributed by atoms with Crippen LogP contribution in [0.15, 0.2) is 0 Å². The Hall–Kier alpha value is -0.0157. The Morgan fingerprint density at radius 2 is 1.40 bits per heavy atom. The molecule has 0 heterocycles. The van der Waals surface area contributed by atoms with Crippen molar-refractivity contribution in [1.82, 2.24) is 0 Å². The first-order valence-electron chi connectivity index (χ1n) is 0.651. The van der Waals surface area contributed by atoms with Crippen LogP contribution in [-0.2, 0) is 21.7 Å². The molecule has 0 aliphatic carbocycles. The van der Waals surface area contributed by atoms with E-state index in [4.69, 9.17) is 15.0 Å².